The zero-order chi connectivity index (χ0) is 11.8. The fraction of sp³-hybridized carbons (Fsp3) is 0.500. The first-order chi connectivity index (χ1) is 7.47. The van der Waals surface area contributed by atoms with E-state index in [2.05, 4.69) is 4.98 Å². The highest BCUT2D eigenvalue weighted by molar-refractivity contribution is 7.15. The Kier molecular flexibility index (Phi) is 2.84. The number of Topliss-reactive ketones (excluding diaryl/α,β-unsaturated/α-hetero) is 1. The lowest BCUT2D eigenvalue weighted by Crippen LogP contribution is -2.20. The predicted octanol–water partition coefficient (Wildman–Crippen LogP) is 2.94. The summed E-state index contributed by atoms with van der Waals surface area (Å²) in [7, 11) is 0. The van der Waals surface area contributed by atoms with Gasteiger partial charge in [-0.1, -0.05) is 20.8 Å². The maximum Gasteiger partial charge on any atom is 0.193 e. The molecular formula is C12H16N2OS. The first kappa shape index (κ1) is 11.3. The SMILES string of the molecule is CC(C)(C)C(=O)CCc1cn2ccsc2n1. The van der Waals surface area contributed by atoms with Crippen molar-refractivity contribution < 1.29 is 4.79 Å². The van der Waals surface area contributed by atoms with Crippen LogP contribution in [-0.4, -0.2) is 15.2 Å². The van der Waals surface area contributed by atoms with E-state index in [-0.39, 0.29) is 5.41 Å². The lowest BCUT2D eigenvalue weighted by atomic mass is 9.88. The topological polar surface area (TPSA) is 34.4 Å². The summed E-state index contributed by atoms with van der Waals surface area (Å²) in [6, 6.07) is 0. The number of hydrogen-bond acceptors (Lipinski definition) is 3. The van der Waals surface area contributed by atoms with Crippen LogP contribution in [0.2, 0.25) is 0 Å². The van der Waals surface area contributed by atoms with Gasteiger partial charge in [0.1, 0.15) is 5.78 Å². The van der Waals surface area contributed by atoms with Crippen LogP contribution in [0, 0.1) is 5.41 Å². The molecule has 0 N–H and O–H groups in total. The van der Waals surface area contributed by atoms with Gasteiger partial charge in [-0.15, -0.1) is 11.3 Å². The molecule has 0 radical (unpaired) electrons. The smallest absolute Gasteiger partial charge is 0.193 e. The minimum Gasteiger partial charge on any atom is -0.299 e. The number of imidazole rings is 1. The number of hydrogen-bond donors (Lipinski definition) is 0. The minimum atomic E-state index is -0.239. The maximum absolute atomic E-state index is 11.8. The highest BCUT2D eigenvalue weighted by Crippen LogP contribution is 2.19. The number of thiazole rings is 1. The summed E-state index contributed by atoms with van der Waals surface area (Å²) in [5.74, 6) is 0.295. The number of carbonyl (C=O) groups excluding carboxylic acids is 1. The summed E-state index contributed by atoms with van der Waals surface area (Å²) in [5.41, 5.74) is 0.765. The third kappa shape index (κ3) is 2.32. The van der Waals surface area contributed by atoms with Crippen LogP contribution in [0.4, 0.5) is 0 Å². The van der Waals surface area contributed by atoms with E-state index in [1.165, 1.54) is 0 Å². The zero-order valence-corrected chi connectivity index (χ0v) is 10.7. The molecule has 0 unspecified atom stereocenters. The van der Waals surface area contributed by atoms with Crippen molar-refractivity contribution in [2.75, 3.05) is 0 Å². The van der Waals surface area contributed by atoms with Crippen LogP contribution < -0.4 is 0 Å². The standard InChI is InChI=1S/C12H16N2OS/c1-12(2,3)10(15)5-4-9-8-14-6-7-16-11(14)13-9/h6-8H,4-5H2,1-3H3. The van der Waals surface area contributed by atoms with Gasteiger partial charge in [0, 0.05) is 29.6 Å². The zero-order valence-electron chi connectivity index (χ0n) is 9.86. The Morgan fingerprint density at radius 3 is 2.88 bits per heavy atom. The van der Waals surface area contributed by atoms with E-state index >= 15 is 0 Å². The molecule has 0 atom stereocenters. The molecule has 3 nitrogen and oxygen atoms in total. The molecule has 0 amide bonds. The van der Waals surface area contributed by atoms with Crippen LogP contribution in [0.15, 0.2) is 17.8 Å². The number of nitrogens with zero attached hydrogens (tertiary/aromatic N) is 2. The van der Waals surface area contributed by atoms with Crippen molar-refractivity contribution in [3.63, 3.8) is 0 Å². The van der Waals surface area contributed by atoms with Gasteiger partial charge in [-0.25, -0.2) is 4.98 Å². The third-order valence-electron chi connectivity index (χ3n) is 2.59. The predicted molar refractivity (Wildman–Crippen MR) is 65.9 cm³/mol. The number of aryl methyl sites for hydroxylation is 1. The first-order valence-electron chi connectivity index (χ1n) is 5.41. The van der Waals surface area contributed by atoms with E-state index in [0.717, 1.165) is 17.1 Å². The summed E-state index contributed by atoms with van der Waals surface area (Å²) in [6.45, 7) is 5.88. The molecule has 2 heterocycles. The van der Waals surface area contributed by atoms with Crippen LogP contribution in [0.25, 0.3) is 4.96 Å². The molecule has 0 aromatic carbocycles. The average molecular weight is 236 g/mol. The van der Waals surface area contributed by atoms with Crippen LogP contribution in [0.1, 0.15) is 32.9 Å². The van der Waals surface area contributed by atoms with Crippen molar-refractivity contribution in [1.29, 1.82) is 0 Å². The Hall–Kier alpha value is -1.16. The van der Waals surface area contributed by atoms with Crippen molar-refractivity contribution in [2.45, 2.75) is 33.6 Å². The Bertz CT molecular complexity index is 476. The maximum atomic E-state index is 11.8. The molecule has 0 aliphatic carbocycles. The number of carbonyl (C=O) groups is 1. The minimum absolute atomic E-state index is 0.239. The van der Waals surface area contributed by atoms with Crippen LogP contribution in [-0.2, 0) is 11.2 Å². The van der Waals surface area contributed by atoms with E-state index in [1.54, 1.807) is 11.3 Å². The Labute approximate surface area is 99.1 Å². The van der Waals surface area contributed by atoms with E-state index in [1.807, 2.05) is 42.9 Å². The lowest BCUT2D eigenvalue weighted by Gasteiger charge is -2.15. The summed E-state index contributed by atoms with van der Waals surface area (Å²) in [6.07, 6.45) is 5.31. The molecule has 0 saturated carbocycles. The summed E-state index contributed by atoms with van der Waals surface area (Å²) in [4.78, 5) is 17.2. The quantitative estimate of drug-likeness (QED) is 0.821. The Morgan fingerprint density at radius 1 is 1.50 bits per heavy atom. The number of rotatable bonds is 3. The monoisotopic (exact) mass is 236 g/mol. The second kappa shape index (κ2) is 4.01. The van der Waals surface area contributed by atoms with Crippen molar-refractivity contribution in [3.05, 3.63) is 23.5 Å². The van der Waals surface area contributed by atoms with Gasteiger partial charge in [0.05, 0.1) is 5.69 Å². The van der Waals surface area contributed by atoms with Gasteiger partial charge in [0.2, 0.25) is 0 Å². The molecule has 16 heavy (non-hydrogen) atoms. The van der Waals surface area contributed by atoms with E-state index in [0.29, 0.717) is 12.2 Å². The Balaban J connectivity index is 2.01. The van der Waals surface area contributed by atoms with Crippen molar-refractivity contribution in [1.82, 2.24) is 9.38 Å². The van der Waals surface area contributed by atoms with Gasteiger partial charge < -0.3 is 0 Å². The van der Waals surface area contributed by atoms with Crippen molar-refractivity contribution in [3.8, 4) is 0 Å². The van der Waals surface area contributed by atoms with Crippen molar-refractivity contribution >= 4 is 22.1 Å². The van der Waals surface area contributed by atoms with Crippen LogP contribution >= 0.6 is 11.3 Å². The Morgan fingerprint density at radius 2 is 2.25 bits per heavy atom. The average Bonchev–Trinajstić information content (AvgIpc) is 2.71. The molecule has 2 aromatic heterocycles. The summed E-state index contributed by atoms with van der Waals surface area (Å²) < 4.78 is 2.00. The molecule has 4 heteroatoms. The lowest BCUT2D eigenvalue weighted by molar-refractivity contribution is -0.126. The molecular weight excluding hydrogens is 220 g/mol. The molecule has 0 aliphatic heterocycles. The van der Waals surface area contributed by atoms with Gasteiger partial charge in [-0.05, 0) is 6.42 Å². The highest BCUT2D eigenvalue weighted by atomic mass is 32.1. The van der Waals surface area contributed by atoms with E-state index in [9.17, 15) is 4.79 Å². The summed E-state index contributed by atoms with van der Waals surface area (Å²) >= 11 is 1.61. The second-order valence-electron chi connectivity index (χ2n) is 5.00. The molecule has 2 aromatic rings. The molecule has 2 rings (SSSR count). The third-order valence-corrected chi connectivity index (χ3v) is 3.36. The fourth-order valence-electron chi connectivity index (χ4n) is 1.51. The second-order valence-corrected chi connectivity index (χ2v) is 5.87. The van der Waals surface area contributed by atoms with Gasteiger partial charge in [-0.2, -0.15) is 0 Å². The van der Waals surface area contributed by atoms with Gasteiger partial charge in [0.15, 0.2) is 4.96 Å². The fourth-order valence-corrected chi connectivity index (χ4v) is 2.23. The number of aromatic nitrogens is 2. The molecule has 86 valence electrons. The number of fused-ring (bicyclic) bond motifs is 1. The van der Waals surface area contributed by atoms with Crippen LogP contribution in [0.3, 0.4) is 0 Å². The van der Waals surface area contributed by atoms with E-state index in [4.69, 9.17) is 0 Å². The largest absolute Gasteiger partial charge is 0.299 e. The highest BCUT2D eigenvalue weighted by Gasteiger charge is 2.20. The first-order valence-corrected chi connectivity index (χ1v) is 6.29. The van der Waals surface area contributed by atoms with E-state index < -0.39 is 0 Å². The molecule has 0 bridgehead atoms. The van der Waals surface area contributed by atoms with Gasteiger partial charge >= 0.3 is 0 Å². The van der Waals surface area contributed by atoms with Gasteiger partial charge in [0.25, 0.3) is 0 Å². The molecule has 0 aliphatic rings. The van der Waals surface area contributed by atoms with Crippen LogP contribution in [0.5, 0.6) is 0 Å². The molecule has 0 fully saturated rings. The molecule has 0 spiro atoms. The number of ketones is 1. The van der Waals surface area contributed by atoms with Crippen molar-refractivity contribution in [2.24, 2.45) is 5.41 Å². The molecule has 0 saturated heterocycles. The normalized spacial score (nSPS) is 12.2. The van der Waals surface area contributed by atoms with Gasteiger partial charge in [-0.3, -0.25) is 9.20 Å². The summed E-state index contributed by atoms with van der Waals surface area (Å²) in [5, 5.41) is 2.01.